The van der Waals surface area contributed by atoms with Gasteiger partial charge in [0.1, 0.15) is 17.8 Å². The predicted octanol–water partition coefficient (Wildman–Crippen LogP) is 3.97. The van der Waals surface area contributed by atoms with E-state index in [1.54, 1.807) is 6.33 Å². The summed E-state index contributed by atoms with van der Waals surface area (Å²) in [6.07, 6.45) is 4.39. The van der Waals surface area contributed by atoms with Crippen LogP contribution in [0.15, 0.2) is 30.6 Å². The molecule has 0 bridgehead atoms. The normalized spacial score (nSPS) is 21.5. The SMILES string of the molecule is Cn1cnnc1CC1(c2cccc(NC(=O)OC(C)(C)C)c2)CC(CC#N)C1. The van der Waals surface area contributed by atoms with Crippen LogP contribution in [0.25, 0.3) is 0 Å². The van der Waals surface area contributed by atoms with Crippen molar-refractivity contribution in [3.05, 3.63) is 42.0 Å². The van der Waals surface area contributed by atoms with Crippen LogP contribution in [0.4, 0.5) is 10.5 Å². The second-order valence-corrected chi connectivity index (χ2v) is 8.66. The standard InChI is InChI=1S/C21H27N5O2/c1-20(2,3)28-19(27)24-17-7-5-6-16(10-17)21(11-15(12-21)8-9-22)13-18-25-23-14-26(18)4/h5-7,10,14-15H,8,11-13H2,1-4H3,(H,24,27). The summed E-state index contributed by atoms with van der Waals surface area (Å²) in [6.45, 7) is 5.51. The highest BCUT2D eigenvalue weighted by molar-refractivity contribution is 5.85. The van der Waals surface area contributed by atoms with E-state index in [0.717, 1.165) is 30.7 Å². The minimum atomic E-state index is -0.549. The number of carbonyl (C=O) groups excluding carboxylic acids is 1. The quantitative estimate of drug-likeness (QED) is 0.846. The largest absolute Gasteiger partial charge is 0.444 e. The molecule has 1 aliphatic carbocycles. The number of nitrogens with zero attached hydrogens (tertiary/aromatic N) is 4. The van der Waals surface area contributed by atoms with Gasteiger partial charge >= 0.3 is 6.09 Å². The Labute approximate surface area is 165 Å². The van der Waals surface area contributed by atoms with Crippen molar-refractivity contribution >= 4 is 11.8 Å². The summed E-state index contributed by atoms with van der Waals surface area (Å²) in [4.78, 5) is 12.1. The molecule has 0 unspecified atom stereocenters. The van der Waals surface area contributed by atoms with Gasteiger partial charge in [-0.25, -0.2) is 4.79 Å². The fourth-order valence-corrected chi connectivity index (χ4v) is 3.92. The molecule has 28 heavy (non-hydrogen) atoms. The van der Waals surface area contributed by atoms with Gasteiger partial charge in [0, 0.05) is 31.0 Å². The summed E-state index contributed by atoms with van der Waals surface area (Å²) in [5.41, 5.74) is 1.19. The average molecular weight is 381 g/mol. The molecule has 1 amide bonds. The molecule has 1 aliphatic rings. The molecular weight excluding hydrogens is 354 g/mol. The van der Waals surface area contributed by atoms with Crippen LogP contribution < -0.4 is 5.32 Å². The van der Waals surface area contributed by atoms with Crippen LogP contribution >= 0.6 is 0 Å². The summed E-state index contributed by atoms with van der Waals surface area (Å²) < 4.78 is 7.28. The van der Waals surface area contributed by atoms with Gasteiger partial charge in [-0.3, -0.25) is 5.32 Å². The number of nitriles is 1. The number of hydrogen-bond acceptors (Lipinski definition) is 5. The van der Waals surface area contributed by atoms with Gasteiger partial charge in [-0.2, -0.15) is 5.26 Å². The lowest BCUT2D eigenvalue weighted by Crippen LogP contribution is -2.43. The molecule has 2 aromatic rings. The van der Waals surface area contributed by atoms with Crippen molar-refractivity contribution in [3.63, 3.8) is 0 Å². The monoisotopic (exact) mass is 381 g/mol. The first kappa shape index (κ1) is 19.9. The molecule has 148 valence electrons. The molecule has 0 saturated heterocycles. The molecule has 0 spiro atoms. The number of anilines is 1. The number of aromatic nitrogens is 3. The molecular formula is C21H27N5O2. The van der Waals surface area contributed by atoms with Crippen molar-refractivity contribution in [2.24, 2.45) is 13.0 Å². The maximum atomic E-state index is 12.1. The van der Waals surface area contributed by atoms with Gasteiger partial charge in [0.05, 0.1) is 6.07 Å². The molecule has 1 aromatic heterocycles. The Kier molecular flexibility index (Phi) is 5.41. The molecule has 7 heteroatoms. The molecule has 1 N–H and O–H groups in total. The Morgan fingerprint density at radius 2 is 2.18 bits per heavy atom. The van der Waals surface area contributed by atoms with Crippen molar-refractivity contribution < 1.29 is 9.53 Å². The lowest BCUT2D eigenvalue weighted by atomic mass is 9.56. The molecule has 0 radical (unpaired) electrons. The first-order chi connectivity index (χ1) is 13.2. The maximum Gasteiger partial charge on any atom is 0.412 e. The predicted molar refractivity (Wildman–Crippen MR) is 106 cm³/mol. The van der Waals surface area contributed by atoms with E-state index in [2.05, 4.69) is 27.6 Å². The summed E-state index contributed by atoms with van der Waals surface area (Å²) in [5, 5.41) is 20.1. The number of ether oxygens (including phenoxy) is 1. The Hall–Kier alpha value is -2.88. The van der Waals surface area contributed by atoms with Gasteiger partial charge in [-0.1, -0.05) is 12.1 Å². The van der Waals surface area contributed by atoms with E-state index in [1.165, 1.54) is 0 Å². The lowest BCUT2D eigenvalue weighted by molar-refractivity contribution is 0.0636. The molecule has 1 aromatic carbocycles. The van der Waals surface area contributed by atoms with E-state index < -0.39 is 11.7 Å². The lowest BCUT2D eigenvalue weighted by Gasteiger charge is -2.47. The van der Waals surface area contributed by atoms with Gasteiger partial charge < -0.3 is 9.30 Å². The zero-order valence-corrected chi connectivity index (χ0v) is 16.9. The number of nitrogens with one attached hydrogen (secondary N) is 1. The number of aryl methyl sites for hydroxylation is 1. The number of benzene rings is 1. The topological polar surface area (TPSA) is 92.8 Å². The van der Waals surface area contributed by atoms with Crippen LogP contribution in [0, 0.1) is 17.2 Å². The molecule has 7 nitrogen and oxygen atoms in total. The second-order valence-electron chi connectivity index (χ2n) is 8.66. The Morgan fingerprint density at radius 3 is 2.79 bits per heavy atom. The van der Waals surface area contributed by atoms with E-state index in [1.807, 2.05) is 50.6 Å². The third-order valence-electron chi connectivity index (χ3n) is 5.16. The fourth-order valence-electron chi connectivity index (χ4n) is 3.92. The van der Waals surface area contributed by atoms with Crippen LogP contribution in [-0.2, 0) is 23.6 Å². The molecule has 1 saturated carbocycles. The third kappa shape index (κ3) is 4.50. The van der Waals surface area contributed by atoms with Gasteiger partial charge in [-0.05, 0) is 57.2 Å². The first-order valence-corrected chi connectivity index (χ1v) is 9.51. The van der Waals surface area contributed by atoms with Crippen molar-refractivity contribution in [2.75, 3.05) is 5.32 Å². The summed E-state index contributed by atoms with van der Waals surface area (Å²) >= 11 is 0. The zero-order valence-electron chi connectivity index (χ0n) is 16.9. The van der Waals surface area contributed by atoms with Gasteiger partial charge in [0.15, 0.2) is 0 Å². The van der Waals surface area contributed by atoms with Gasteiger partial charge in [0.2, 0.25) is 0 Å². The summed E-state index contributed by atoms with van der Waals surface area (Å²) in [5.74, 6) is 1.31. The number of hydrogen-bond donors (Lipinski definition) is 1. The van der Waals surface area contributed by atoms with Crippen molar-refractivity contribution in [1.82, 2.24) is 14.8 Å². The molecule has 0 atom stereocenters. The van der Waals surface area contributed by atoms with Crippen LogP contribution in [-0.4, -0.2) is 26.5 Å². The summed E-state index contributed by atoms with van der Waals surface area (Å²) in [6, 6.07) is 10.2. The highest BCUT2D eigenvalue weighted by atomic mass is 16.6. The Morgan fingerprint density at radius 1 is 1.43 bits per heavy atom. The smallest absolute Gasteiger partial charge is 0.412 e. The van der Waals surface area contributed by atoms with Crippen LogP contribution in [0.2, 0.25) is 0 Å². The molecule has 0 aliphatic heterocycles. The number of amides is 1. The highest BCUT2D eigenvalue weighted by Crippen LogP contribution is 2.51. The van der Waals surface area contributed by atoms with E-state index in [9.17, 15) is 4.79 Å². The third-order valence-corrected chi connectivity index (χ3v) is 5.16. The van der Waals surface area contributed by atoms with Crippen molar-refractivity contribution in [2.45, 2.75) is 57.5 Å². The molecule has 1 heterocycles. The Bertz CT molecular complexity index is 885. The van der Waals surface area contributed by atoms with Crippen LogP contribution in [0.3, 0.4) is 0 Å². The van der Waals surface area contributed by atoms with Crippen LogP contribution in [0.5, 0.6) is 0 Å². The van der Waals surface area contributed by atoms with E-state index in [0.29, 0.717) is 18.0 Å². The fraction of sp³-hybridized carbons (Fsp3) is 0.524. The van der Waals surface area contributed by atoms with Crippen molar-refractivity contribution in [3.8, 4) is 6.07 Å². The molecule has 3 rings (SSSR count). The second kappa shape index (κ2) is 7.63. The zero-order chi connectivity index (χ0) is 20.4. The average Bonchev–Trinajstić information content (AvgIpc) is 2.96. The van der Waals surface area contributed by atoms with E-state index >= 15 is 0 Å². The summed E-state index contributed by atoms with van der Waals surface area (Å²) in [7, 11) is 1.94. The Balaban J connectivity index is 1.82. The van der Waals surface area contributed by atoms with Gasteiger partial charge in [-0.15, -0.1) is 10.2 Å². The van der Waals surface area contributed by atoms with Crippen LogP contribution in [0.1, 0.15) is 51.4 Å². The van der Waals surface area contributed by atoms with Gasteiger partial charge in [0.25, 0.3) is 0 Å². The van der Waals surface area contributed by atoms with E-state index in [-0.39, 0.29) is 5.41 Å². The molecule has 1 fully saturated rings. The minimum absolute atomic E-state index is 0.103. The van der Waals surface area contributed by atoms with E-state index in [4.69, 9.17) is 10.00 Å². The minimum Gasteiger partial charge on any atom is -0.444 e. The maximum absolute atomic E-state index is 12.1. The number of carbonyl (C=O) groups is 1. The number of rotatable bonds is 5. The first-order valence-electron chi connectivity index (χ1n) is 9.51. The van der Waals surface area contributed by atoms with Crippen molar-refractivity contribution in [1.29, 1.82) is 5.26 Å². The highest BCUT2D eigenvalue weighted by Gasteiger charge is 2.46.